The Hall–Kier alpha value is -5.03. The van der Waals surface area contributed by atoms with Crippen molar-refractivity contribution in [2.45, 2.75) is 0 Å². The van der Waals surface area contributed by atoms with Gasteiger partial charge in [-0.1, -0.05) is 96.6 Å². The molecule has 0 saturated carbocycles. The van der Waals surface area contributed by atoms with Crippen molar-refractivity contribution in [3.05, 3.63) is 146 Å². The predicted octanol–water partition coefficient (Wildman–Crippen LogP) is 7.74. The minimum atomic E-state index is 0. The number of aromatic nitrogens is 3. The summed E-state index contributed by atoms with van der Waals surface area (Å²) in [6, 6.07) is 39.8. The van der Waals surface area contributed by atoms with Gasteiger partial charge in [0.1, 0.15) is 11.9 Å². The standard InChI is InChI=1S/C24H15N2.C15H12N3.Ir/c1-26-12-10-20-23-18(7-4-11-25-23)22-19(24(20)26)9-8-17-13-15-5-2-3-6-16(15)14-21(17)22;1-16-10-15-13-7-3-2-6-12(13)14-8-4-5-9-17(14)18(15)11-16;/h2-9,11-14H,1H3;2-8,10-11H,1H3;/q2*-1;+3. The number of aryl methyl sites for hydroxylation is 1. The molecule has 0 atom stereocenters. The first-order chi connectivity index (χ1) is 21.7. The topological polar surface area (TPSA) is 28.2 Å². The quantitative estimate of drug-likeness (QED) is 0.0687. The van der Waals surface area contributed by atoms with E-state index in [4.69, 9.17) is 4.98 Å². The summed E-state index contributed by atoms with van der Waals surface area (Å²) in [7, 11) is 4.12. The molecule has 0 N–H and O–H groups in total. The van der Waals surface area contributed by atoms with Gasteiger partial charge in [-0.05, 0) is 76.3 Å². The van der Waals surface area contributed by atoms with E-state index in [1.807, 2.05) is 37.6 Å². The van der Waals surface area contributed by atoms with E-state index in [0.29, 0.717) is 0 Å². The van der Waals surface area contributed by atoms with Crippen LogP contribution in [0.5, 0.6) is 0 Å². The largest absolute Gasteiger partial charge is 3.00 e. The van der Waals surface area contributed by atoms with Crippen LogP contribution in [-0.4, -0.2) is 21.5 Å². The van der Waals surface area contributed by atoms with Crippen molar-refractivity contribution in [1.82, 2.24) is 14.5 Å². The molecular formula is C39H27IrN5+. The maximum absolute atomic E-state index is 4.70. The summed E-state index contributed by atoms with van der Waals surface area (Å²) < 4.78 is 4.20. The van der Waals surface area contributed by atoms with E-state index in [1.165, 1.54) is 60.0 Å². The Bertz CT molecular complexity index is 2480. The first-order valence-electron chi connectivity index (χ1n) is 14.8. The summed E-state index contributed by atoms with van der Waals surface area (Å²) in [5.74, 6) is 0. The van der Waals surface area contributed by atoms with Crippen molar-refractivity contribution in [2.24, 2.45) is 7.05 Å². The van der Waals surface area contributed by atoms with Crippen LogP contribution in [0, 0.1) is 18.9 Å². The van der Waals surface area contributed by atoms with Crippen LogP contribution in [0.3, 0.4) is 0 Å². The predicted molar refractivity (Wildman–Crippen MR) is 179 cm³/mol. The van der Waals surface area contributed by atoms with E-state index >= 15 is 0 Å². The van der Waals surface area contributed by atoms with Crippen LogP contribution in [0.25, 0.3) is 71.1 Å². The molecule has 5 nitrogen and oxygen atoms in total. The van der Waals surface area contributed by atoms with Gasteiger partial charge >= 0.3 is 20.1 Å². The van der Waals surface area contributed by atoms with Crippen LogP contribution in [0.1, 0.15) is 5.56 Å². The number of hydrogen-bond acceptors (Lipinski definition) is 3. The molecule has 216 valence electrons. The van der Waals surface area contributed by atoms with E-state index in [-0.39, 0.29) is 20.1 Å². The first-order valence-corrected chi connectivity index (χ1v) is 14.8. The molecule has 2 aliphatic rings. The van der Waals surface area contributed by atoms with Crippen molar-refractivity contribution >= 4 is 59.8 Å². The molecule has 5 heterocycles. The number of nitrogens with zero attached hydrogens (tertiary/aromatic N) is 5. The second-order valence-electron chi connectivity index (χ2n) is 11.5. The summed E-state index contributed by atoms with van der Waals surface area (Å²) >= 11 is 0. The van der Waals surface area contributed by atoms with E-state index in [1.54, 1.807) is 0 Å². The monoisotopic (exact) mass is 758 g/mol. The maximum Gasteiger partial charge on any atom is 3.00 e. The summed E-state index contributed by atoms with van der Waals surface area (Å²) in [6.45, 7) is 2.06. The average molecular weight is 758 g/mol. The Balaban J connectivity index is 0.000000139. The van der Waals surface area contributed by atoms with Gasteiger partial charge in [-0.15, -0.1) is 11.5 Å². The zero-order valence-corrected chi connectivity index (χ0v) is 27.1. The van der Waals surface area contributed by atoms with Crippen LogP contribution >= 0.6 is 0 Å². The Labute approximate surface area is 274 Å². The van der Waals surface area contributed by atoms with E-state index < -0.39 is 0 Å². The number of benzene rings is 5. The fourth-order valence-corrected chi connectivity index (χ4v) is 6.86. The molecule has 5 aromatic carbocycles. The Morgan fingerprint density at radius 2 is 1.56 bits per heavy atom. The molecule has 0 spiro atoms. The number of pyridine rings is 2. The van der Waals surface area contributed by atoms with Gasteiger partial charge in [-0.2, -0.15) is 12.1 Å². The number of hydrogen-bond donors (Lipinski definition) is 0. The van der Waals surface area contributed by atoms with Crippen molar-refractivity contribution in [1.29, 1.82) is 0 Å². The second-order valence-corrected chi connectivity index (χ2v) is 11.5. The van der Waals surface area contributed by atoms with Crippen molar-refractivity contribution in [3.63, 3.8) is 0 Å². The molecule has 45 heavy (non-hydrogen) atoms. The molecule has 0 bridgehead atoms. The fraction of sp³-hybridized carbons (Fsp3) is 0.0513. The van der Waals surface area contributed by atoms with Gasteiger partial charge < -0.3 is 14.5 Å². The summed E-state index contributed by atoms with van der Waals surface area (Å²) in [4.78, 5) is 6.76. The maximum atomic E-state index is 4.70. The third kappa shape index (κ3) is 4.17. The van der Waals surface area contributed by atoms with Gasteiger partial charge in [0.05, 0.1) is 5.70 Å². The fourth-order valence-electron chi connectivity index (χ4n) is 6.86. The van der Waals surface area contributed by atoms with E-state index in [0.717, 1.165) is 16.6 Å². The first kappa shape index (κ1) is 27.5. The Kier molecular flexibility index (Phi) is 6.45. The minimum Gasteiger partial charge on any atom is -0.504 e. The third-order valence-corrected chi connectivity index (χ3v) is 8.78. The molecule has 0 amide bonds. The van der Waals surface area contributed by atoms with Crippen LogP contribution in [0.4, 0.5) is 0 Å². The molecule has 0 unspecified atom stereocenters. The molecule has 6 heteroatoms. The Morgan fingerprint density at radius 3 is 2.42 bits per heavy atom. The van der Waals surface area contributed by atoms with E-state index in [9.17, 15) is 0 Å². The molecule has 0 radical (unpaired) electrons. The Morgan fingerprint density at radius 1 is 0.756 bits per heavy atom. The summed E-state index contributed by atoms with van der Waals surface area (Å²) in [5.41, 5.74) is 7.08. The average Bonchev–Trinajstić information content (AvgIpc) is 3.67. The SMILES string of the molecule is CN1C=C2c3ccccc3-c3ccc[c-][n+]3N2[CH-]1.Cn1c[c-]c2c3ncccc3c3c4cc5ccccc5cc4ccc3c21.[Ir+3]. The molecule has 10 rings (SSSR count). The smallest absolute Gasteiger partial charge is 0.504 e. The summed E-state index contributed by atoms with van der Waals surface area (Å²) in [6.07, 6.45) is 9.27. The van der Waals surface area contributed by atoms with Crippen LogP contribution < -0.4 is 9.69 Å². The van der Waals surface area contributed by atoms with Gasteiger partial charge in [-0.3, -0.25) is 5.01 Å². The zero-order chi connectivity index (χ0) is 29.4. The zero-order valence-electron chi connectivity index (χ0n) is 24.7. The molecule has 0 fully saturated rings. The van der Waals surface area contributed by atoms with Gasteiger partial charge in [0.15, 0.2) is 0 Å². The molecule has 0 aliphatic carbocycles. The minimum absolute atomic E-state index is 0. The number of fused-ring (bicyclic) bond motifs is 15. The van der Waals surface area contributed by atoms with Crippen molar-refractivity contribution in [2.75, 3.05) is 12.1 Å². The van der Waals surface area contributed by atoms with Crippen LogP contribution in [-0.2, 0) is 27.2 Å². The third-order valence-electron chi connectivity index (χ3n) is 8.78. The summed E-state index contributed by atoms with van der Waals surface area (Å²) in [5, 5.41) is 12.0. The van der Waals surface area contributed by atoms with Crippen molar-refractivity contribution < 1.29 is 24.8 Å². The number of rotatable bonds is 0. The van der Waals surface area contributed by atoms with Crippen molar-refractivity contribution in [3.8, 4) is 11.3 Å². The van der Waals surface area contributed by atoms with Crippen LogP contribution in [0.2, 0.25) is 0 Å². The molecule has 3 aromatic heterocycles. The molecule has 0 saturated heterocycles. The molecule has 2 aliphatic heterocycles. The van der Waals surface area contributed by atoms with Gasteiger partial charge in [0.25, 0.3) is 0 Å². The van der Waals surface area contributed by atoms with E-state index in [2.05, 4.69) is 136 Å². The van der Waals surface area contributed by atoms with Gasteiger partial charge in [0.2, 0.25) is 0 Å². The van der Waals surface area contributed by atoms with Crippen LogP contribution in [0.15, 0.2) is 122 Å². The van der Waals surface area contributed by atoms with Gasteiger partial charge in [-0.25, -0.2) is 4.68 Å². The second kappa shape index (κ2) is 10.6. The van der Waals surface area contributed by atoms with Gasteiger partial charge in [0, 0.05) is 17.3 Å². The normalized spacial score (nSPS) is 13.3. The molecule has 8 aromatic rings. The molecular weight excluding hydrogens is 731 g/mol.